The average molecular weight is 169 g/mol. The first-order valence-electron chi connectivity index (χ1n) is 5.09. The molecule has 0 aromatic rings. The van der Waals surface area contributed by atoms with E-state index in [-0.39, 0.29) is 0 Å². The highest BCUT2D eigenvalue weighted by Gasteiger charge is 1.92. The number of hydrogen-bond acceptors (Lipinski definition) is 1. The van der Waals surface area contributed by atoms with Gasteiger partial charge in [0.25, 0.3) is 0 Å². The molecule has 0 aromatic heterocycles. The van der Waals surface area contributed by atoms with Gasteiger partial charge in [0.1, 0.15) is 0 Å². The molecule has 0 saturated carbocycles. The van der Waals surface area contributed by atoms with E-state index in [0.717, 1.165) is 18.9 Å². The smallest absolute Gasteiger partial charge is 0.00143 e. The van der Waals surface area contributed by atoms with Crippen LogP contribution in [0.2, 0.25) is 0 Å². The summed E-state index contributed by atoms with van der Waals surface area (Å²) in [6.45, 7) is 8.93. The molecule has 0 fully saturated rings. The lowest BCUT2D eigenvalue weighted by Crippen LogP contribution is -2.16. The Balaban J connectivity index is 2.91. The summed E-state index contributed by atoms with van der Waals surface area (Å²) in [7, 11) is 0. The Morgan fingerprint density at radius 3 is 2.58 bits per heavy atom. The zero-order valence-corrected chi connectivity index (χ0v) is 8.77. The van der Waals surface area contributed by atoms with Crippen LogP contribution in [0.15, 0.2) is 12.2 Å². The minimum atomic E-state index is 0.849. The SMILES string of the molecule is C/C=C/CCNCCCC(C)C. The van der Waals surface area contributed by atoms with Crippen LogP contribution in [0.4, 0.5) is 0 Å². The molecule has 1 heteroatoms. The van der Waals surface area contributed by atoms with E-state index >= 15 is 0 Å². The van der Waals surface area contributed by atoms with E-state index in [0.29, 0.717) is 0 Å². The Bertz CT molecular complexity index is 106. The first kappa shape index (κ1) is 11.7. The fourth-order valence-electron chi connectivity index (χ4n) is 1.11. The Morgan fingerprint density at radius 1 is 1.25 bits per heavy atom. The molecule has 0 aliphatic rings. The summed E-state index contributed by atoms with van der Waals surface area (Å²) in [6.07, 6.45) is 8.13. The largest absolute Gasteiger partial charge is 0.316 e. The lowest BCUT2D eigenvalue weighted by molar-refractivity contribution is 0.529. The van der Waals surface area contributed by atoms with Crippen LogP contribution < -0.4 is 5.32 Å². The van der Waals surface area contributed by atoms with Crippen LogP contribution in [-0.4, -0.2) is 13.1 Å². The zero-order valence-electron chi connectivity index (χ0n) is 8.77. The van der Waals surface area contributed by atoms with Gasteiger partial charge in [-0.15, -0.1) is 0 Å². The van der Waals surface area contributed by atoms with Crippen molar-refractivity contribution in [2.75, 3.05) is 13.1 Å². The summed E-state index contributed by atoms with van der Waals surface area (Å²) in [6, 6.07) is 0. The summed E-state index contributed by atoms with van der Waals surface area (Å²) in [4.78, 5) is 0. The minimum absolute atomic E-state index is 0.849. The molecule has 0 bridgehead atoms. The van der Waals surface area contributed by atoms with Gasteiger partial charge in [0.05, 0.1) is 0 Å². The van der Waals surface area contributed by atoms with E-state index in [1.54, 1.807) is 0 Å². The minimum Gasteiger partial charge on any atom is -0.316 e. The highest BCUT2D eigenvalue weighted by molar-refractivity contribution is 4.77. The quantitative estimate of drug-likeness (QED) is 0.456. The van der Waals surface area contributed by atoms with Crippen LogP contribution in [-0.2, 0) is 0 Å². The maximum absolute atomic E-state index is 3.42. The summed E-state index contributed by atoms with van der Waals surface area (Å²) in [5, 5.41) is 3.42. The summed E-state index contributed by atoms with van der Waals surface area (Å²) < 4.78 is 0. The zero-order chi connectivity index (χ0) is 9.23. The van der Waals surface area contributed by atoms with Crippen molar-refractivity contribution in [3.8, 4) is 0 Å². The molecule has 0 atom stereocenters. The molecule has 0 unspecified atom stereocenters. The van der Waals surface area contributed by atoms with Gasteiger partial charge in [0.2, 0.25) is 0 Å². The average Bonchev–Trinajstić information content (AvgIpc) is 2.02. The summed E-state index contributed by atoms with van der Waals surface area (Å²) in [5.41, 5.74) is 0. The first-order chi connectivity index (χ1) is 5.77. The fourth-order valence-corrected chi connectivity index (χ4v) is 1.11. The molecule has 12 heavy (non-hydrogen) atoms. The van der Waals surface area contributed by atoms with Crippen molar-refractivity contribution in [3.63, 3.8) is 0 Å². The predicted molar refractivity (Wildman–Crippen MR) is 56.4 cm³/mol. The Kier molecular flexibility index (Phi) is 8.57. The van der Waals surface area contributed by atoms with Crippen molar-refractivity contribution in [2.45, 2.75) is 40.0 Å². The van der Waals surface area contributed by atoms with Crippen LogP contribution in [0.1, 0.15) is 40.0 Å². The van der Waals surface area contributed by atoms with Gasteiger partial charge < -0.3 is 5.32 Å². The molecule has 0 aliphatic carbocycles. The van der Waals surface area contributed by atoms with E-state index in [1.165, 1.54) is 19.4 Å². The molecular formula is C11H23N. The topological polar surface area (TPSA) is 12.0 Å². The van der Waals surface area contributed by atoms with Crippen LogP contribution in [0.5, 0.6) is 0 Å². The third-order valence-electron chi connectivity index (χ3n) is 1.86. The van der Waals surface area contributed by atoms with Gasteiger partial charge >= 0.3 is 0 Å². The highest BCUT2D eigenvalue weighted by atomic mass is 14.8. The predicted octanol–water partition coefficient (Wildman–Crippen LogP) is 2.98. The molecule has 1 nitrogen and oxygen atoms in total. The third kappa shape index (κ3) is 9.70. The van der Waals surface area contributed by atoms with Crippen molar-refractivity contribution < 1.29 is 0 Å². The van der Waals surface area contributed by atoms with Gasteiger partial charge in [-0.25, -0.2) is 0 Å². The van der Waals surface area contributed by atoms with Crippen molar-refractivity contribution >= 4 is 0 Å². The molecule has 0 spiro atoms. The number of nitrogens with one attached hydrogen (secondary N) is 1. The molecule has 1 N–H and O–H groups in total. The fraction of sp³-hybridized carbons (Fsp3) is 0.818. The molecule has 72 valence electrons. The van der Waals surface area contributed by atoms with E-state index < -0.39 is 0 Å². The van der Waals surface area contributed by atoms with Crippen molar-refractivity contribution in [1.82, 2.24) is 5.32 Å². The Labute approximate surface area is 77.2 Å². The lowest BCUT2D eigenvalue weighted by atomic mass is 10.1. The van der Waals surface area contributed by atoms with Crippen LogP contribution in [0, 0.1) is 5.92 Å². The number of hydrogen-bond donors (Lipinski definition) is 1. The highest BCUT2D eigenvalue weighted by Crippen LogP contribution is 2.01. The van der Waals surface area contributed by atoms with Gasteiger partial charge in [-0.1, -0.05) is 26.0 Å². The van der Waals surface area contributed by atoms with Gasteiger partial charge in [-0.05, 0) is 45.2 Å². The Morgan fingerprint density at radius 2 is 2.00 bits per heavy atom. The molecule has 0 aliphatic heterocycles. The maximum atomic E-state index is 3.42. The second kappa shape index (κ2) is 8.79. The van der Waals surface area contributed by atoms with E-state index in [9.17, 15) is 0 Å². The van der Waals surface area contributed by atoms with Crippen LogP contribution >= 0.6 is 0 Å². The molecule has 0 heterocycles. The van der Waals surface area contributed by atoms with Crippen LogP contribution in [0.25, 0.3) is 0 Å². The lowest BCUT2D eigenvalue weighted by Gasteiger charge is -2.04. The second-order valence-electron chi connectivity index (χ2n) is 3.64. The van der Waals surface area contributed by atoms with Crippen molar-refractivity contribution in [3.05, 3.63) is 12.2 Å². The van der Waals surface area contributed by atoms with E-state index in [2.05, 4.69) is 38.2 Å². The molecule has 0 amide bonds. The standard InChI is InChI=1S/C11H23N/c1-4-5-6-9-12-10-7-8-11(2)3/h4-5,11-12H,6-10H2,1-3H3/b5-4+. The Hall–Kier alpha value is -0.300. The summed E-state index contributed by atoms with van der Waals surface area (Å²) >= 11 is 0. The summed E-state index contributed by atoms with van der Waals surface area (Å²) in [5.74, 6) is 0.849. The third-order valence-corrected chi connectivity index (χ3v) is 1.86. The molecule has 0 saturated heterocycles. The van der Waals surface area contributed by atoms with Gasteiger partial charge in [0.15, 0.2) is 0 Å². The monoisotopic (exact) mass is 169 g/mol. The molecular weight excluding hydrogens is 146 g/mol. The normalized spacial score (nSPS) is 11.7. The van der Waals surface area contributed by atoms with Gasteiger partial charge in [0, 0.05) is 0 Å². The van der Waals surface area contributed by atoms with Gasteiger partial charge in [-0.2, -0.15) is 0 Å². The van der Waals surface area contributed by atoms with Crippen molar-refractivity contribution in [2.24, 2.45) is 5.92 Å². The molecule has 0 radical (unpaired) electrons. The van der Waals surface area contributed by atoms with Crippen LogP contribution in [0.3, 0.4) is 0 Å². The van der Waals surface area contributed by atoms with Gasteiger partial charge in [-0.3, -0.25) is 0 Å². The molecule has 0 rings (SSSR count). The number of rotatable bonds is 7. The van der Waals surface area contributed by atoms with E-state index in [4.69, 9.17) is 0 Å². The van der Waals surface area contributed by atoms with Crippen molar-refractivity contribution in [1.29, 1.82) is 0 Å². The molecule has 0 aromatic carbocycles. The van der Waals surface area contributed by atoms with E-state index in [1.807, 2.05) is 0 Å². The second-order valence-corrected chi connectivity index (χ2v) is 3.64. The maximum Gasteiger partial charge on any atom is -0.00143 e. The number of allylic oxidation sites excluding steroid dienone is 1. The first-order valence-corrected chi connectivity index (χ1v) is 5.09.